The van der Waals surface area contributed by atoms with Crippen LogP contribution in [0.15, 0.2) is 46.3 Å². The molecule has 2 aromatic rings. The normalized spacial score (nSPS) is 11.8. The second-order valence-electron chi connectivity index (χ2n) is 6.72. The fourth-order valence-electron chi connectivity index (χ4n) is 3.13. The molecule has 1 atom stereocenters. The first-order chi connectivity index (χ1) is 13.8. The highest BCUT2D eigenvalue weighted by molar-refractivity contribution is 9.10. The molecule has 1 unspecified atom stereocenters. The molecular formula is C22H26BrNO5. The molecule has 29 heavy (non-hydrogen) atoms. The summed E-state index contributed by atoms with van der Waals surface area (Å²) in [6.07, 6.45) is 3.34. The van der Waals surface area contributed by atoms with Crippen molar-refractivity contribution in [3.05, 3.63) is 57.3 Å². The Bertz CT molecular complexity index is 964. The number of nitrogens with zero attached hydrogens (tertiary/aromatic N) is 1. The maximum atomic E-state index is 12.7. The lowest BCUT2D eigenvalue weighted by Gasteiger charge is -2.26. The van der Waals surface area contributed by atoms with Crippen molar-refractivity contribution in [2.24, 2.45) is 5.92 Å². The Hall–Kier alpha value is -2.54. The zero-order chi connectivity index (χ0) is 21.7. The number of hydrogen-bond acceptors (Lipinski definition) is 5. The number of pyridine rings is 1. The minimum atomic E-state index is -0.643. The number of rotatable bonds is 8. The highest BCUT2D eigenvalue weighted by atomic mass is 79.9. The second-order valence-corrected chi connectivity index (χ2v) is 7.58. The molecule has 0 aliphatic rings. The SMILES string of the molecule is C=CC(C(C)C)n1cc(C(=O)OCC)c(=O)cc1-c1cc(OC)c(OC)cc1Br. The monoisotopic (exact) mass is 463 g/mol. The number of aromatic nitrogens is 1. The first kappa shape index (κ1) is 22.7. The van der Waals surface area contributed by atoms with E-state index in [9.17, 15) is 9.59 Å². The third-order valence-electron chi connectivity index (χ3n) is 4.57. The Labute approximate surface area is 179 Å². The average Bonchev–Trinajstić information content (AvgIpc) is 2.68. The van der Waals surface area contributed by atoms with Crippen molar-refractivity contribution in [1.82, 2.24) is 4.57 Å². The topological polar surface area (TPSA) is 66.8 Å². The van der Waals surface area contributed by atoms with E-state index in [0.717, 1.165) is 10.0 Å². The van der Waals surface area contributed by atoms with Crippen molar-refractivity contribution < 1.29 is 19.0 Å². The van der Waals surface area contributed by atoms with Gasteiger partial charge in [0.05, 0.1) is 32.6 Å². The van der Waals surface area contributed by atoms with Crippen LogP contribution in [0.1, 0.15) is 37.2 Å². The molecule has 2 rings (SSSR count). The number of benzene rings is 1. The maximum Gasteiger partial charge on any atom is 0.343 e. The van der Waals surface area contributed by atoms with Crippen molar-refractivity contribution >= 4 is 21.9 Å². The third-order valence-corrected chi connectivity index (χ3v) is 5.23. The van der Waals surface area contributed by atoms with Crippen LogP contribution in [0, 0.1) is 5.92 Å². The van der Waals surface area contributed by atoms with E-state index in [0.29, 0.717) is 17.2 Å². The largest absolute Gasteiger partial charge is 0.493 e. The van der Waals surface area contributed by atoms with Gasteiger partial charge in [-0.05, 0) is 40.9 Å². The van der Waals surface area contributed by atoms with Crippen LogP contribution in [-0.4, -0.2) is 31.4 Å². The van der Waals surface area contributed by atoms with E-state index in [-0.39, 0.29) is 24.1 Å². The smallest absolute Gasteiger partial charge is 0.343 e. The van der Waals surface area contributed by atoms with E-state index >= 15 is 0 Å². The quantitative estimate of drug-likeness (QED) is 0.413. The third kappa shape index (κ3) is 4.72. The zero-order valence-electron chi connectivity index (χ0n) is 17.3. The van der Waals surface area contributed by atoms with Gasteiger partial charge in [-0.1, -0.05) is 19.9 Å². The highest BCUT2D eigenvalue weighted by Gasteiger charge is 2.22. The van der Waals surface area contributed by atoms with Crippen LogP contribution in [-0.2, 0) is 4.74 Å². The average molecular weight is 464 g/mol. The van der Waals surface area contributed by atoms with Gasteiger partial charge in [-0.25, -0.2) is 4.79 Å². The number of carbonyl (C=O) groups excluding carboxylic acids is 1. The Kier molecular flexibility index (Phi) is 7.67. The number of allylic oxidation sites excluding steroid dienone is 1. The summed E-state index contributed by atoms with van der Waals surface area (Å²) >= 11 is 3.56. The molecule has 0 aliphatic heterocycles. The molecular weight excluding hydrogens is 438 g/mol. The molecule has 0 aliphatic carbocycles. The number of esters is 1. The summed E-state index contributed by atoms with van der Waals surface area (Å²) in [6.45, 7) is 9.92. The molecule has 0 fully saturated rings. The first-order valence-electron chi connectivity index (χ1n) is 9.26. The number of carbonyl (C=O) groups is 1. The summed E-state index contributed by atoms with van der Waals surface area (Å²) < 4.78 is 18.4. The van der Waals surface area contributed by atoms with Gasteiger partial charge in [0, 0.05) is 22.3 Å². The van der Waals surface area contributed by atoms with Gasteiger partial charge in [-0.2, -0.15) is 0 Å². The Morgan fingerprint density at radius 3 is 2.34 bits per heavy atom. The molecule has 1 aromatic heterocycles. The molecule has 6 nitrogen and oxygen atoms in total. The fraction of sp³-hybridized carbons (Fsp3) is 0.364. The zero-order valence-corrected chi connectivity index (χ0v) is 18.9. The van der Waals surface area contributed by atoms with Crippen LogP contribution in [0.25, 0.3) is 11.3 Å². The van der Waals surface area contributed by atoms with Crippen LogP contribution in [0.4, 0.5) is 0 Å². The van der Waals surface area contributed by atoms with Gasteiger partial charge in [0.1, 0.15) is 5.56 Å². The standard InChI is InChI=1S/C22H26BrNO5/c1-7-17(13(3)4)24-12-15(22(26)29-8-2)19(25)11-18(24)14-9-20(27-5)21(28-6)10-16(14)23/h7,9-13,17H,1,8H2,2-6H3. The van der Waals surface area contributed by atoms with Crippen molar-refractivity contribution in [2.75, 3.05) is 20.8 Å². The molecule has 0 radical (unpaired) electrons. The molecule has 0 amide bonds. The molecule has 0 bridgehead atoms. The summed E-state index contributed by atoms with van der Waals surface area (Å²) in [5.41, 5.74) is 0.916. The number of ether oxygens (including phenoxy) is 3. The Balaban J connectivity index is 2.84. The number of methoxy groups -OCH3 is 2. The summed E-state index contributed by atoms with van der Waals surface area (Å²) in [6, 6.07) is 4.86. The van der Waals surface area contributed by atoms with Gasteiger partial charge < -0.3 is 18.8 Å². The molecule has 0 saturated carbocycles. The van der Waals surface area contributed by atoms with Crippen molar-refractivity contribution in [3.8, 4) is 22.8 Å². The summed E-state index contributed by atoms with van der Waals surface area (Å²) in [5, 5.41) is 0. The van der Waals surface area contributed by atoms with Crippen LogP contribution >= 0.6 is 15.9 Å². The van der Waals surface area contributed by atoms with Crippen molar-refractivity contribution in [3.63, 3.8) is 0 Å². The minimum Gasteiger partial charge on any atom is -0.493 e. The molecule has 1 heterocycles. The summed E-state index contributed by atoms with van der Waals surface area (Å²) in [4.78, 5) is 25.0. The molecule has 156 valence electrons. The van der Waals surface area contributed by atoms with E-state index in [1.807, 2.05) is 18.4 Å². The van der Waals surface area contributed by atoms with E-state index in [2.05, 4.69) is 22.5 Å². The van der Waals surface area contributed by atoms with Gasteiger partial charge in [-0.15, -0.1) is 6.58 Å². The summed E-state index contributed by atoms with van der Waals surface area (Å²) in [5.74, 6) is 0.613. The lowest BCUT2D eigenvalue weighted by molar-refractivity contribution is 0.0523. The van der Waals surface area contributed by atoms with Gasteiger partial charge in [0.2, 0.25) is 0 Å². The first-order valence-corrected chi connectivity index (χ1v) is 10.1. The minimum absolute atomic E-state index is 0.0142. The van der Waals surface area contributed by atoms with Crippen LogP contribution in [0.2, 0.25) is 0 Å². The summed E-state index contributed by atoms with van der Waals surface area (Å²) in [7, 11) is 3.10. The van der Waals surface area contributed by atoms with Gasteiger partial charge in [0.25, 0.3) is 0 Å². The van der Waals surface area contributed by atoms with Gasteiger partial charge in [0.15, 0.2) is 16.9 Å². The Morgan fingerprint density at radius 2 is 1.83 bits per heavy atom. The number of hydrogen-bond donors (Lipinski definition) is 0. The molecule has 0 saturated heterocycles. The lowest BCUT2D eigenvalue weighted by Crippen LogP contribution is -2.24. The number of halogens is 1. The molecule has 0 N–H and O–H groups in total. The van der Waals surface area contributed by atoms with E-state index < -0.39 is 11.4 Å². The van der Waals surface area contributed by atoms with Gasteiger partial charge in [-0.3, -0.25) is 4.79 Å². The van der Waals surface area contributed by atoms with Crippen LogP contribution in [0.3, 0.4) is 0 Å². The Morgan fingerprint density at radius 1 is 1.21 bits per heavy atom. The maximum absolute atomic E-state index is 12.7. The molecule has 7 heteroatoms. The van der Waals surface area contributed by atoms with E-state index in [4.69, 9.17) is 14.2 Å². The van der Waals surface area contributed by atoms with Crippen molar-refractivity contribution in [1.29, 1.82) is 0 Å². The van der Waals surface area contributed by atoms with Crippen molar-refractivity contribution in [2.45, 2.75) is 26.8 Å². The fourth-order valence-corrected chi connectivity index (χ4v) is 3.66. The molecule has 1 aromatic carbocycles. The van der Waals surface area contributed by atoms with Gasteiger partial charge >= 0.3 is 5.97 Å². The molecule has 0 spiro atoms. The lowest BCUT2D eigenvalue weighted by atomic mass is 10.0. The van der Waals surface area contributed by atoms with E-state index in [1.54, 1.807) is 45.5 Å². The van der Waals surface area contributed by atoms with E-state index in [1.165, 1.54) is 6.07 Å². The second kappa shape index (κ2) is 9.78. The predicted octanol–water partition coefficient (Wildman–Crippen LogP) is 4.85. The predicted molar refractivity (Wildman–Crippen MR) is 117 cm³/mol. The highest BCUT2D eigenvalue weighted by Crippen LogP contribution is 2.39. The van der Waals surface area contributed by atoms with Crippen LogP contribution in [0.5, 0.6) is 11.5 Å². The van der Waals surface area contributed by atoms with Crippen LogP contribution < -0.4 is 14.9 Å².